The Bertz CT molecular complexity index is 506. The van der Waals surface area contributed by atoms with Crippen LogP contribution in [0.25, 0.3) is 0 Å². The number of hydrogen-bond donors (Lipinski definition) is 1. The third kappa shape index (κ3) is 2.35. The van der Waals surface area contributed by atoms with Crippen molar-refractivity contribution in [2.24, 2.45) is 11.8 Å². The van der Waals surface area contributed by atoms with Gasteiger partial charge in [0.05, 0.1) is 0 Å². The van der Waals surface area contributed by atoms with Crippen LogP contribution in [-0.2, 0) is 5.41 Å². The lowest BCUT2D eigenvalue weighted by Crippen LogP contribution is -2.33. The number of nitrogens with one attached hydrogen (secondary N) is 1. The van der Waals surface area contributed by atoms with Crippen molar-refractivity contribution >= 4 is 5.91 Å². The van der Waals surface area contributed by atoms with Crippen molar-refractivity contribution in [1.29, 1.82) is 0 Å². The van der Waals surface area contributed by atoms with Crippen LogP contribution in [0.5, 0.6) is 0 Å². The number of likely N-dealkylation sites (tertiary alicyclic amines) is 1. The van der Waals surface area contributed by atoms with Gasteiger partial charge < -0.3 is 10.2 Å². The highest BCUT2D eigenvalue weighted by Crippen LogP contribution is 2.30. The second kappa shape index (κ2) is 4.88. The van der Waals surface area contributed by atoms with Crippen LogP contribution in [0.1, 0.15) is 36.7 Å². The topological polar surface area (TPSA) is 32.3 Å². The van der Waals surface area contributed by atoms with Crippen molar-refractivity contribution in [1.82, 2.24) is 10.2 Å². The van der Waals surface area contributed by atoms with E-state index in [9.17, 15) is 4.79 Å². The molecule has 108 valence electrons. The van der Waals surface area contributed by atoms with E-state index in [0.29, 0.717) is 11.8 Å². The molecule has 0 saturated carbocycles. The molecule has 2 aliphatic heterocycles. The van der Waals surface area contributed by atoms with Crippen LogP contribution in [0.15, 0.2) is 24.3 Å². The molecular formula is C17H24N2O. The average Bonchev–Trinajstić information content (AvgIpc) is 2.97. The van der Waals surface area contributed by atoms with Gasteiger partial charge in [-0.25, -0.2) is 0 Å². The van der Waals surface area contributed by atoms with E-state index < -0.39 is 0 Å². The summed E-state index contributed by atoms with van der Waals surface area (Å²) in [6.07, 6.45) is 0. The van der Waals surface area contributed by atoms with E-state index in [2.05, 4.69) is 37.1 Å². The standard InChI is InChI=1S/C17H24N2O/c1-17(2,3)15-7-5-4-6-14(15)16(20)19-10-12-8-18-9-13(12)11-19/h4-7,12-13,18H,8-11H2,1-3H3. The highest BCUT2D eigenvalue weighted by molar-refractivity contribution is 5.96. The molecule has 2 heterocycles. The SMILES string of the molecule is CC(C)(C)c1ccccc1C(=O)N1CC2CNCC2C1. The van der Waals surface area contributed by atoms with Crippen LogP contribution in [0.2, 0.25) is 0 Å². The van der Waals surface area contributed by atoms with Gasteiger partial charge in [0.2, 0.25) is 0 Å². The summed E-state index contributed by atoms with van der Waals surface area (Å²) in [6.45, 7) is 10.5. The maximum absolute atomic E-state index is 12.9. The van der Waals surface area contributed by atoms with Crippen molar-refractivity contribution in [3.05, 3.63) is 35.4 Å². The molecule has 3 rings (SSSR count). The fourth-order valence-corrected chi connectivity index (χ4v) is 3.52. The second-order valence-electron chi connectivity index (χ2n) is 7.18. The predicted molar refractivity (Wildman–Crippen MR) is 80.9 cm³/mol. The van der Waals surface area contributed by atoms with Gasteiger partial charge in [-0.1, -0.05) is 39.0 Å². The lowest BCUT2D eigenvalue weighted by molar-refractivity contribution is 0.0779. The van der Waals surface area contributed by atoms with E-state index in [1.54, 1.807) is 0 Å². The molecule has 20 heavy (non-hydrogen) atoms. The Morgan fingerprint density at radius 1 is 1.15 bits per heavy atom. The van der Waals surface area contributed by atoms with Crippen LogP contribution < -0.4 is 5.32 Å². The van der Waals surface area contributed by atoms with Crippen molar-refractivity contribution in [3.63, 3.8) is 0 Å². The summed E-state index contributed by atoms with van der Waals surface area (Å²) in [5.74, 6) is 1.52. The highest BCUT2D eigenvalue weighted by atomic mass is 16.2. The third-order valence-corrected chi connectivity index (χ3v) is 4.64. The number of nitrogens with zero attached hydrogens (tertiary/aromatic N) is 1. The first kappa shape index (κ1) is 13.6. The molecule has 3 heteroatoms. The first-order valence-electron chi connectivity index (χ1n) is 7.56. The van der Waals surface area contributed by atoms with Crippen molar-refractivity contribution in [2.45, 2.75) is 26.2 Å². The minimum absolute atomic E-state index is 0.00338. The predicted octanol–water partition coefficient (Wildman–Crippen LogP) is 2.28. The molecule has 1 aromatic rings. The fourth-order valence-electron chi connectivity index (χ4n) is 3.52. The van der Waals surface area contributed by atoms with E-state index in [4.69, 9.17) is 0 Å². The molecule has 1 amide bonds. The molecule has 0 aromatic heterocycles. The third-order valence-electron chi connectivity index (χ3n) is 4.64. The van der Waals surface area contributed by atoms with Crippen molar-refractivity contribution in [3.8, 4) is 0 Å². The van der Waals surface area contributed by atoms with Gasteiger partial charge in [0, 0.05) is 31.7 Å². The van der Waals surface area contributed by atoms with Crippen molar-refractivity contribution < 1.29 is 4.79 Å². The van der Waals surface area contributed by atoms with Gasteiger partial charge >= 0.3 is 0 Å². The number of fused-ring (bicyclic) bond motifs is 1. The van der Waals surface area contributed by atoms with Gasteiger partial charge in [-0.05, 0) is 28.9 Å². The zero-order chi connectivity index (χ0) is 14.3. The number of carbonyl (C=O) groups is 1. The molecule has 0 spiro atoms. The number of benzene rings is 1. The van der Waals surface area contributed by atoms with E-state index in [-0.39, 0.29) is 11.3 Å². The fraction of sp³-hybridized carbons (Fsp3) is 0.588. The van der Waals surface area contributed by atoms with Crippen LogP contribution in [0.4, 0.5) is 0 Å². The Morgan fingerprint density at radius 3 is 2.35 bits per heavy atom. The quantitative estimate of drug-likeness (QED) is 0.850. The number of amides is 1. The van der Waals surface area contributed by atoms with Crippen LogP contribution >= 0.6 is 0 Å². The first-order chi connectivity index (χ1) is 9.47. The van der Waals surface area contributed by atoms with Gasteiger partial charge in [-0.15, -0.1) is 0 Å². The normalized spacial score (nSPS) is 25.9. The van der Waals surface area contributed by atoms with Gasteiger partial charge in [0.15, 0.2) is 0 Å². The van der Waals surface area contributed by atoms with Gasteiger partial charge in [0.25, 0.3) is 5.91 Å². The Morgan fingerprint density at radius 2 is 1.75 bits per heavy atom. The zero-order valence-electron chi connectivity index (χ0n) is 12.6. The van der Waals surface area contributed by atoms with Gasteiger partial charge in [0.1, 0.15) is 0 Å². The molecular weight excluding hydrogens is 248 g/mol. The van der Waals surface area contributed by atoms with Crippen LogP contribution in [-0.4, -0.2) is 37.0 Å². The summed E-state index contributed by atoms with van der Waals surface area (Å²) in [5, 5.41) is 3.42. The molecule has 1 aromatic carbocycles. The summed E-state index contributed by atoms with van der Waals surface area (Å²) in [5.41, 5.74) is 2.04. The number of carbonyl (C=O) groups excluding carboxylic acids is 1. The second-order valence-corrected chi connectivity index (χ2v) is 7.18. The Kier molecular flexibility index (Phi) is 3.33. The molecule has 2 atom stereocenters. The molecule has 2 unspecified atom stereocenters. The van der Waals surface area contributed by atoms with E-state index >= 15 is 0 Å². The summed E-state index contributed by atoms with van der Waals surface area (Å²) in [7, 11) is 0. The van der Waals surface area contributed by atoms with E-state index in [0.717, 1.165) is 37.3 Å². The molecule has 2 aliphatic rings. The smallest absolute Gasteiger partial charge is 0.254 e. The molecule has 1 N–H and O–H groups in total. The lowest BCUT2D eigenvalue weighted by atomic mass is 9.83. The van der Waals surface area contributed by atoms with E-state index in [1.807, 2.05) is 18.2 Å². The van der Waals surface area contributed by atoms with Gasteiger partial charge in [-0.2, -0.15) is 0 Å². The molecule has 2 saturated heterocycles. The molecule has 0 radical (unpaired) electrons. The minimum atomic E-state index is 0.00338. The highest BCUT2D eigenvalue weighted by Gasteiger charge is 2.39. The van der Waals surface area contributed by atoms with Gasteiger partial charge in [-0.3, -0.25) is 4.79 Å². The van der Waals surface area contributed by atoms with Crippen LogP contribution in [0.3, 0.4) is 0 Å². The Labute approximate surface area is 121 Å². The minimum Gasteiger partial charge on any atom is -0.338 e. The lowest BCUT2D eigenvalue weighted by Gasteiger charge is -2.25. The molecule has 2 fully saturated rings. The zero-order valence-corrected chi connectivity index (χ0v) is 12.6. The largest absolute Gasteiger partial charge is 0.338 e. The molecule has 3 nitrogen and oxygen atoms in total. The molecule has 0 aliphatic carbocycles. The van der Waals surface area contributed by atoms with Crippen LogP contribution in [0, 0.1) is 11.8 Å². The van der Waals surface area contributed by atoms with E-state index in [1.165, 1.54) is 0 Å². The summed E-state index contributed by atoms with van der Waals surface area (Å²) in [4.78, 5) is 14.9. The monoisotopic (exact) mass is 272 g/mol. The number of hydrogen-bond acceptors (Lipinski definition) is 2. The molecule has 0 bridgehead atoms. The summed E-state index contributed by atoms with van der Waals surface area (Å²) < 4.78 is 0. The van der Waals surface area contributed by atoms with Crippen molar-refractivity contribution in [2.75, 3.05) is 26.2 Å². The Balaban J connectivity index is 1.85. The Hall–Kier alpha value is -1.35. The summed E-state index contributed by atoms with van der Waals surface area (Å²) >= 11 is 0. The maximum atomic E-state index is 12.9. The summed E-state index contributed by atoms with van der Waals surface area (Å²) in [6, 6.07) is 8.07. The number of rotatable bonds is 1. The first-order valence-corrected chi connectivity index (χ1v) is 7.56. The maximum Gasteiger partial charge on any atom is 0.254 e. The average molecular weight is 272 g/mol.